The van der Waals surface area contributed by atoms with Gasteiger partial charge in [-0.15, -0.1) is 10.2 Å². The van der Waals surface area contributed by atoms with Crippen molar-refractivity contribution in [1.82, 2.24) is 10.2 Å². The van der Waals surface area contributed by atoms with E-state index in [0.717, 1.165) is 0 Å². The maximum absolute atomic E-state index is 11.6. The monoisotopic (exact) mass is 248 g/mol. The second-order valence-electron chi connectivity index (χ2n) is 3.87. The van der Waals surface area contributed by atoms with E-state index in [0.29, 0.717) is 0 Å². The van der Waals surface area contributed by atoms with Crippen molar-refractivity contribution >= 4 is 23.1 Å². The number of hydrogen-bond donors (Lipinski definition) is 0. The predicted molar refractivity (Wildman–Crippen MR) is 62.1 cm³/mol. The summed E-state index contributed by atoms with van der Waals surface area (Å²) in [5, 5.41) is 7.14. The van der Waals surface area contributed by atoms with Crippen LogP contribution in [0.4, 0.5) is 0 Å². The van der Waals surface area contributed by atoms with E-state index in [-0.39, 0.29) is 22.5 Å². The van der Waals surface area contributed by atoms with Crippen molar-refractivity contribution in [3.05, 3.63) is 22.5 Å². The average Bonchev–Trinajstić information content (AvgIpc) is 2.26. The first-order valence-electron chi connectivity index (χ1n) is 5.21. The number of carbonyl (C=O) groups is 4. The molecule has 0 bridgehead atoms. The highest BCUT2D eigenvalue weighted by Gasteiger charge is 2.26. The minimum Gasteiger partial charge on any atom is -0.294 e. The molecule has 94 valence electrons. The molecule has 1 aromatic rings. The Hall–Kier alpha value is -2.24. The minimum absolute atomic E-state index is 0.129. The number of aromatic nitrogens is 2. The topological polar surface area (TPSA) is 94.1 Å². The number of hydrogen-bond acceptors (Lipinski definition) is 6. The van der Waals surface area contributed by atoms with Gasteiger partial charge in [-0.25, -0.2) is 0 Å². The molecule has 0 saturated heterocycles. The molecule has 0 spiro atoms. The average molecular weight is 248 g/mol. The Labute approximate surface area is 103 Å². The lowest BCUT2D eigenvalue weighted by molar-refractivity contribution is 0.0951. The molecule has 1 rings (SSSR count). The first kappa shape index (κ1) is 13.8. The Balaban J connectivity index is 3.82. The number of rotatable bonds is 4. The molecule has 18 heavy (non-hydrogen) atoms. The maximum atomic E-state index is 11.6. The third-order valence-corrected chi connectivity index (χ3v) is 2.34. The van der Waals surface area contributed by atoms with E-state index >= 15 is 0 Å². The zero-order valence-corrected chi connectivity index (χ0v) is 10.5. The molecule has 6 nitrogen and oxygen atoms in total. The fourth-order valence-electron chi connectivity index (χ4n) is 1.62. The predicted octanol–water partition coefficient (Wildman–Crippen LogP) is 1.29. The summed E-state index contributed by atoms with van der Waals surface area (Å²) in [5.74, 6) is -1.96. The summed E-state index contributed by atoms with van der Waals surface area (Å²) >= 11 is 0. The maximum Gasteiger partial charge on any atom is 0.180 e. The van der Waals surface area contributed by atoms with Gasteiger partial charge in [-0.1, -0.05) is 0 Å². The van der Waals surface area contributed by atoms with Crippen LogP contribution < -0.4 is 0 Å². The lowest BCUT2D eigenvalue weighted by Gasteiger charge is -2.09. The molecule has 0 aromatic carbocycles. The Kier molecular flexibility index (Phi) is 3.80. The fourth-order valence-corrected chi connectivity index (χ4v) is 1.62. The lowest BCUT2D eigenvalue weighted by Crippen LogP contribution is -2.19. The van der Waals surface area contributed by atoms with Crippen molar-refractivity contribution in [2.24, 2.45) is 0 Å². The van der Waals surface area contributed by atoms with Gasteiger partial charge in [0.25, 0.3) is 0 Å². The van der Waals surface area contributed by atoms with Crippen LogP contribution in [0, 0.1) is 0 Å². The SMILES string of the molecule is CC(=O)c1nnc(C(C)=O)c(C(C)=O)c1C(C)=O. The Bertz CT molecular complexity index is 525. The Morgan fingerprint density at radius 3 is 1.06 bits per heavy atom. The summed E-state index contributed by atoms with van der Waals surface area (Å²) in [6.07, 6.45) is 0. The molecule has 0 aliphatic carbocycles. The number of Topliss-reactive ketones (excluding diaryl/α,β-unsaturated/α-hetero) is 4. The first-order valence-corrected chi connectivity index (χ1v) is 5.21. The van der Waals surface area contributed by atoms with E-state index in [2.05, 4.69) is 10.2 Å². The van der Waals surface area contributed by atoms with E-state index in [1.807, 2.05) is 0 Å². The van der Waals surface area contributed by atoms with Gasteiger partial charge in [-0.05, 0) is 13.8 Å². The number of ketones is 4. The molecule has 0 atom stereocenters. The van der Waals surface area contributed by atoms with Crippen LogP contribution in [0.2, 0.25) is 0 Å². The van der Waals surface area contributed by atoms with E-state index in [9.17, 15) is 19.2 Å². The van der Waals surface area contributed by atoms with Crippen molar-refractivity contribution in [1.29, 1.82) is 0 Å². The van der Waals surface area contributed by atoms with Crippen LogP contribution in [0.3, 0.4) is 0 Å². The van der Waals surface area contributed by atoms with Crippen molar-refractivity contribution < 1.29 is 19.2 Å². The van der Waals surface area contributed by atoms with E-state index in [1.165, 1.54) is 27.7 Å². The summed E-state index contributed by atoms with van der Waals surface area (Å²) in [7, 11) is 0. The third-order valence-electron chi connectivity index (χ3n) is 2.34. The summed E-state index contributed by atoms with van der Waals surface area (Å²) in [4.78, 5) is 45.9. The van der Waals surface area contributed by atoms with Crippen LogP contribution in [0.15, 0.2) is 0 Å². The fraction of sp³-hybridized carbons (Fsp3) is 0.333. The zero-order valence-electron chi connectivity index (χ0n) is 10.5. The summed E-state index contributed by atoms with van der Waals surface area (Å²) in [6.45, 7) is 4.85. The van der Waals surface area contributed by atoms with Crippen LogP contribution in [0.1, 0.15) is 69.4 Å². The van der Waals surface area contributed by atoms with Gasteiger partial charge in [0.05, 0.1) is 11.1 Å². The van der Waals surface area contributed by atoms with Crippen LogP contribution in [-0.2, 0) is 0 Å². The molecule has 0 N–H and O–H groups in total. The summed E-state index contributed by atoms with van der Waals surface area (Å²) in [5.41, 5.74) is -0.624. The van der Waals surface area contributed by atoms with Crippen molar-refractivity contribution in [2.75, 3.05) is 0 Å². The van der Waals surface area contributed by atoms with Gasteiger partial charge in [-0.3, -0.25) is 19.2 Å². The molecule has 0 aliphatic heterocycles. The second kappa shape index (κ2) is 4.95. The van der Waals surface area contributed by atoms with Gasteiger partial charge in [0.2, 0.25) is 0 Å². The molecule has 1 aromatic heterocycles. The normalized spacial score (nSPS) is 10.0. The zero-order chi connectivity index (χ0) is 14.0. The highest BCUT2D eigenvalue weighted by molar-refractivity contribution is 6.17. The molecule has 0 aliphatic rings. The Morgan fingerprint density at radius 1 is 0.611 bits per heavy atom. The number of nitrogens with zero attached hydrogens (tertiary/aromatic N) is 2. The van der Waals surface area contributed by atoms with Crippen LogP contribution in [0.5, 0.6) is 0 Å². The van der Waals surface area contributed by atoms with E-state index in [1.54, 1.807) is 0 Å². The molecule has 0 fully saturated rings. The van der Waals surface area contributed by atoms with E-state index < -0.39 is 23.1 Å². The van der Waals surface area contributed by atoms with E-state index in [4.69, 9.17) is 0 Å². The smallest absolute Gasteiger partial charge is 0.180 e. The van der Waals surface area contributed by atoms with Crippen LogP contribution >= 0.6 is 0 Å². The molecule has 1 heterocycles. The van der Waals surface area contributed by atoms with Gasteiger partial charge in [0.1, 0.15) is 11.4 Å². The summed E-state index contributed by atoms with van der Waals surface area (Å²) in [6, 6.07) is 0. The van der Waals surface area contributed by atoms with Gasteiger partial charge >= 0.3 is 0 Å². The molecule has 6 heteroatoms. The molecule has 0 amide bonds. The molecular weight excluding hydrogens is 236 g/mol. The molecule has 0 unspecified atom stereocenters. The van der Waals surface area contributed by atoms with Gasteiger partial charge in [0.15, 0.2) is 23.1 Å². The Morgan fingerprint density at radius 2 is 0.889 bits per heavy atom. The van der Waals surface area contributed by atoms with Gasteiger partial charge < -0.3 is 0 Å². The molecule has 0 radical (unpaired) electrons. The third kappa shape index (κ3) is 2.37. The minimum atomic E-state index is -0.497. The lowest BCUT2D eigenvalue weighted by atomic mass is 9.96. The standard InChI is InChI=1S/C12H12N2O4/c1-5(15)9-10(6(2)16)12(8(4)18)14-13-11(9)7(3)17/h1-4H3. The van der Waals surface area contributed by atoms with Gasteiger partial charge in [0, 0.05) is 13.8 Å². The molecular formula is C12H12N2O4. The first-order chi connectivity index (χ1) is 8.27. The second-order valence-corrected chi connectivity index (χ2v) is 3.87. The molecule has 0 saturated carbocycles. The largest absolute Gasteiger partial charge is 0.294 e. The quantitative estimate of drug-likeness (QED) is 0.745. The van der Waals surface area contributed by atoms with Crippen molar-refractivity contribution in [3.8, 4) is 0 Å². The van der Waals surface area contributed by atoms with Crippen LogP contribution in [0.25, 0.3) is 0 Å². The van der Waals surface area contributed by atoms with Crippen molar-refractivity contribution in [2.45, 2.75) is 27.7 Å². The van der Waals surface area contributed by atoms with Crippen LogP contribution in [-0.4, -0.2) is 33.3 Å². The van der Waals surface area contributed by atoms with Crippen molar-refractivity contribution in [3.63, 3.8) is 0 Å². The van der Waals surface area contributed by atoms with Gasteiger partial charge in [-0.2, -0.15) is 0 Å². The number of carbonyl (C=O) groups excluding carboxylic acids is 4. The summed E-state index contributed by atoms with van der Waals surface area (Å²) < 4.78 is 0. The highest BCUT2D eigenvalue weighted by Crippen LogP contribution is 2.18. The highest BCUT2D eigenvalue weighted by atomic mass is 16.1.